The minimum atomic E-state index is -0.947. The molecule has 0 aliphatic heterocycles. The molecule has 3 rings (SSSR count). The Morgan fingerprint density at radius 2 is 2.03 bits per heavy atom. The zero-order valence-electron chi connectivity index (χ0n) is 17.7. The second kappa shape index (κ2) is 10.1. The molecular formula is C22H26FN5O3. The first-order valence-electron chi connectivity index (χ1n) is 9.69. The van der Waals surface area contributed by atoms with Gasteiger partial charge in [0.1, 0.15) is 30.0 Å². The van der Waals surface area contributed by atoms with Crippen LogP contribution in [0.15, 0.2) is 48.8 Å². The average molecular weight is 427 g/mol. The van der Waals surface area contributed by atoms with Gasteiger partial charge in [0.15, 0.2) is 0 Å². The molecule has 0 saturated carbocycles. The lowest BCUT2D eigenvalue weighted by molar-refractivity contribution is -0.117. The first-order chi connectivity index (χ1) is 14.9. The van der Waals surface area contributed by atoms with Crippen molar-refractivity contribution in [2.75, 3.05) is 39.7 Å². The summed E-state index contributed by atoms with van der Waals surface area (Å²) < 4.78 is 25.8. The minimum absolute atomic E-state index is 0.206. The molecule has 9 heteroatoms. The lowest BCUT2D eigenvalue weighted by atomic mass is 10.1. The minimum Gasteiger partial charge on any atom is -0.497 e. The SMILES string of the molecule is COc1ccc(C(N)C(=O)Nc2cc(F)c(-c3cn[nH]c3)cc2OCCN(C)C)cc1. The number of carbonyl (C=O) groups excluding carboxylic acids is 1. The summed E-state index contributed by atoms with van der Waals surface area (Å²) in [6.07, 6.45) is 3.10. The van der Waals surface area contributed by atoms with Gasteiger partial charge >= 0.3 is 0 Å². The van der Waals surface area contributed by atoms with E-state index in [1.54, 1.807) is 43.6 Å². The molecule has 8 nitrogen and oxygen atoms in total. The van der Waals surface area contributed by atoms with Crippen molar-refractivity contribution in [3.05, 3.63) is 60.2 Å². The maximum atomic E-state index is 14.8. The van der Waals surface area contributed by atoms with Gasteiger partial charge in [-0.3, -0.25) is 9.89 Å². The number of likely N-dealkylation sites (N-methyl/N-ethyl adjacent to an activating group) is 1. The number of rotatable bonds is 9. The summed E-state index contributed by atoms with van der Waals surface area (Å²) in [6.45, 7) is 1.01. The average Bonchev–Trinajstić information content (AvgIpc) is 3.29. The van der Waals surface area contributed by atoms with E-state index in [0.29, 0.717) is 41.3 Å². The van der Waals surface area contributed by atoms with Crippen molar-refractivity contribution in [2.24, 2.45) is 5.73 Å². The molecule has 0 saturated heterocycles. The van der Waals surface area contributed by atoms with E-state index in [2.05, 4.69) is 15.5 Å². The van der Waals surface area contributed by atoms with Crippen LogP contribution >= 0.6 is 0 Å². The van der Waals surface area contributed by atoms with Gasteiger partial charge in [-0.05, 0) is 37.9 Å². The Labute approximate surface area is 180 Å². The molecule has 4 N–H and O–H groups in total. The number of hydrogen-bond donors (Lipinski definition) is 3. The number of nitrogens with two attached hydrogens (primary N) is 1. The molecule has 31 heavy (non-hydrogen) atoms. The fraction of sp³-hybridized carbons (Fsp3) is 0.273. The van der Waals surface area contributed by atoms with Crippen molar-refractivity contribution in [3.8, 4) is 22.6 Å². The van der Waals surface area contributed by atoms with Crippen LogP contribution in [-0.2, 0) is 4.79 Å². The van der Waals surface area contributed by atoms with Gasteiger partial charge in [0, 0.05) is 29.9 Å². The highest BCUT2D eigenvalue weighted by Gasteiger charge is 2.20. The van der Waals surface area contributed by atoms with Gasteiger partial charge < -0.3 is 25.4 Å². The number of benzene rings is 2. The first kappa shape index (κ1) is 22.3. The van der Waals surface area contributed by atoms with E-state index in [1.807, 2.05) is 19.0 Å². The molecule has 1 atom stereocenters. The molecule has 2 aromatic carbocycles. The number of halogens is 1. The lowest BCUT2D eigenvalue weighted by Gasteiger charge is -2.18. The molecule has 3 aromatic rings. The fourth-order valence-corrected chi connectivity index (χ4v) is 2.90. The van der Waals surface area contributed by atoms with E-state index >= 15 is 0 Å². The van der Waals surface area contributed by atoms with E-state index in [4.69, 9.17) is 15.2 Å². The van der Waals surface area contributed by atoms with Crippen molar-refractivity contribution >= 4 is 11.6 Å². The number of nitrogens with one attached hydrogen (secondary N) is 2. The zero-order valence-corrected chi connectivity index (χ0v) is 17.7. The third-order valence-electron chi connectivity index (χ3n) is 4.69. The summed E-state index contributed by atoms with van der Waals surface area (Å²) in [5.41, 5.74) is 7.80. The monoisotopic (exact) mass is 427 g/mol. The van der Waals surface area contributed by atoms with Crippen molar-refractivity contribution < 1.29 is 18.7 Å². The van der Waals surface area contributed by atoms with E-state index in [1.165, 1.54) is 12.3 Å². The van der Waals surface area contributed by atoms with Gasteiger partial charge in [-0.2, -0.15) is 5.10 Å². The van der Waals surface area contributed by atoms with Crippen LogP contribution in [0.4, 0.5) is 10.1 Å². The van der Waals surface area contributed by atoms with Gasteiger partial charge in [-0.15, -0.1) is 0 Å². The van der Waals surface area contributed by atoms with Crippen LogP contribution in [0.5, 0.6) is 11.5 Å². The molecule has 1 amide bonds. The van der Waals surface area contributed by atoms with Crippen LogP contribution < -0.4 is 20.5 Å². The summed E-state index contributed by atoms with van der Waals surface area (Å²) in [7, 11) is 5.39. The largest absolute Gasteiger partial charge is 0.497 e. The third kappa shape index (κ3) is 5.59. The highest BCUT2D eigenvalue weighted by Crippen LogP contribution is 2.34. The van der Waals surface area contributed by atoms with Gasteiger partial charge in [0.05, 0.1) is 19.0 Å². The summed E-state index contributed by atoms with van der Waals surface area (Å²) >= 11 is 0. The Kier molecular flexibility index (Phi) is 7.22. The Hall–Kier alpha value is -3.43. The smallest absolute Gasteiger partial charge is 0.245 e. The second-order valence-corrected chi connectivity index (χ2v) is 7.21. The van der Waals surface area contributed by atoms with Crippen LogP contribution in [-0.4, -0.2) is 55.4 Å². The van der Waals surface area contributed by atoms with Crippen molar-refractivity contribution in [3.63, 3.8) is 0 Å². The topological polar surface area (TPSA) is 106 Å². The number of carbonyl (C=O) groups is 1. The number of anilines is 1. The Morgan fingerprint density at radius 1 is 1.29 bits per heavy atom. The second-order valence-electron chi connectivity index (χ2n) is 7.21. The van der Waals surface area contributed by atoms with Gasteiger partial charge in [-0.1, -0.05) is 12.1 Å². The quantitative estimate of drug-likeness (QED) is 0.485. The van der Waals surface area contributed by atoms with E-state index in [-0.39, 0.29) is 5.69 Å². The lowest BCUT2D eigenvalue weighted by Crippen LogP contribution is -2.28. The normalized spacial score (nSPS) is 11.9. The molecule has 1 heterocycles. The number of methoxy groups -OCH3 is 1. The first-order valence-corrected chi connectivity index (χ1v) is 9.69. The third-order valence-corrected chi connectivity index (χ3v) is 4.69. The molecule has 1 unspecified atom stereocenters. The maximum Gasteiger partial charge on any atom is 0.245 e. The van der Waals surface area contributed by atoms with Crippen LogP contribution in [0, 0.1) is 5.82 Å². The summed E-state index contributed by atoms with van der Waals surface area (Å²) in [5.74, 6) is -0.00709. The van der Waals surface area contributed by atoms with Crippen molar-refractivity contribution in [2.45, 2.75) is 6.04 Å². The predicted molar refractivity (Wildman–Crippen MR) is 117 cm³/mol. The molecule has 164 valence electrons. The summed E-state index contributed by atoms with van der Waals surface area (Å²) in [4.78, 5) is 14.7. The number of H-pyrrole nitrogens is 1. The predicted octanol–water partition coefficient (Wildman–Crippen LogP) is 2.80. The Bertz CT molecular complexity index is 1010. The van der Waals surface area contributed by atoms with Gasteiger partial charge in [0.2, 0.25) is 5.91 Å². The number of aromatic amines is 1. The highest BCUT2D eigenvalue weighted by molar-refractivity contribution is 5.97. The van der Waals surface area contributed by atoms with Crippen LogP contribution in [0.3, 0.4) is 0 Å². The Morgan fingerprint density at radius 3 is 2.65 bits per heavy atom. The van der Waals surface area contributed by atoms with E-state index < -0.39 is 17.8 Å². The number of nitrogens with zero attached hydrogens (tertiary/aromatic N) is 2. The zero-order chi connectivity index (χ0) is 22.4. The van der Waals surface area contributed by atoms with E-state index in [9.17, 15) is 9.18 Å². The Balaban J connectivity index is 1.85. The fourth-order valence-electron chi connectivity index (χ4n) is 2.90. The molecular weight excluding hydrogens is 401 g/mol. The van der Waals surface area contributed by atoms with Crippen LogP contribution in [0.25, 0.3) is 11.1 Å². The summed E-state index contributed by atoms with van der Waals surface area (Å²) in [5, 5.41) is 9.21. The summed E-state index contributed by atoms with van der Waals surface area (Å²) in [6, 6.07) is 8.68. The van der Waals surface area contributed by atoms with Gasteiger partial charge in [-0.25, -0.2) is 4.39 Å². The van der Waals surface area contributed by atoms with Crippen molar-refractivity contribution in [1.82, 2.24) is 15.1 Å². The standard InChI is InChI=1S/C22H26FN5O3/c1-28(2)8-9-31-20-10-17(15-12-25-26-13-15)18(23)11-19(20)27-22(29)21(24)14-4-6-16(30-3)7-5-14/h4-7,10-13,21H,8-9,24H2,1-3H3,(H,25,26)(H,27,29). The van der Waals surface area contributed by atoms with Crippen LogP contribution in [0.1, 0.15) is 11.6 Å². The van der Waals surface area contributed by atoms with Crippen LogP contribution in [0.2, 0.25) is 0 Å². The maximum absolute atomic E-state index is 14.8. The number of aromatic nitrogens is 2. The molecule has 0 aliphatic rings. The molecule has 1 aromatic heterocycles. The highest BCUT2D eigenvalue weighted by atomic mass is 19.1. The molecule has 0 bridgehead atoms. The van der Waals surface area contributed by atoms with E-state index in [0.717, 1.165) is 0 Å². The number of ether oxygens (including phenoxy) is 2. The molecule has 0 radical (unpaired) electrons. The van der Waals surface area contributed by atoms with Gasteiger partial charge in [0.25, 0.3) is 0 Å². The number of hydrogen-bond acceptors (Lipinski definition) is 6. The number of amides is 1. The van der Waals surface area contributed by atoms with Crippen molar-refractivity contribution in [1.29, 1.82) is 0 Å². The molecule has 0 aliphatic carbocycles. The molecule has 0 spiro atoms. The molecule has 0 fully saturated rings.